The highest BCUT2D eigenvalue weighted by molar-refractivity contribution is 6.22. The normalized spacial score (nSPS) is 11.4. The molecule has 58 heavy (non-hydrogen) atoms. The van der Waals surface area contributed by atoms with Gasteiger partial charge in [0.2, 0.25) is 0 Å². The Bertz CT molecular complexity index is 3250. The van der Waals surface area contributed by atoms with Crippen LogP contribution in [0.3, 0.4) is 0 Å². The number of anilines is 3. The van der Waals surface area contributed by atoms with Gasteiger partial charge in [-0.05, 0) is 133 Å². The maximum absolute atomic E-state index is 6.55. The smallest absolute Gasteiger partial charge is 0.136 e. The Morgan fingerprint density at radius 2 is 0.810 bits per heavy atom. The predicted molar refractivity (Wildman–Crippen MR) is 245 cm³/mol. The van der Waals surface area contributed by atoms with Gasteiger partial charge in [-0.1, -0.05) is 158 Å². The number of benzene rings is 10. The van der Waals surface area contributed by atoms with Crippen molar-refractivity contribution in [2.24, 2.45) is 0 Å². The Morgan fingerprint density at radius 3 is 1.57 bits per heavy atom. The summed E-state index contributed by atoms with van der Waals surface area (Å²) < 4.78 is 6.55. The molecule has 0 N–H and O–H groups in total. The molecule has 10 aromatic carbocycles. The molecule has 2 heteroatoms. The monoisotopic (exact) mass is 739 g/mol. The number of hydrogen-bond acceptors (Lipinski definition) is 2. The summed E-state index contributed by atoms with van der Waals surface area (Å²) in [5.74, 6) is 0. The lowest BCUT2D eigenvalue weighted by Crippen LogP contribution is -2.09. The maximum Gasteiger partial charge on any atom is 0.136 e. The van der Waals surface area contributed by atoms with E-state index in [9.17, 15) is 0 Å². The molecule has 0 bridgehead atoms. The van der Waals surface area contributed by atoms with E-state index in [0.717, 1.165) is 61.3 Å². The van der Waals surface area contributed by atoms with Crippen molar-refractivity contribution in [3.05, 3.63) is 224 Å². The zero-order valence-electron chi connectivity index (χ0n) is 31.7. The van der Waals surface area contributed by atoms with Crippen LogP contribution in [0.1, 0.15) is 0 Å². The number of furan rings is 1. The summed E-state index contributed by atoms with van der Waals surface area (Å²) in [6, 6.07) is 80.6. The van der Waals surface area contributed by atoms with E-state index in [1.165, 1.54) is 43.8 Å². The molecular weight excluding hydrogens is 703 g/mol. The Kier molecular flexibility index (Phi) is 8.19. The first-order chi connectivity index (χ1) is 28.7. The summed E-state index contributed by atoms with van der Waals surface area (Å²) in [7, 11) is 0. The van der Waals surface area contributed by atoms with E-state index in [4.69, 9.17) is 4.42 Å². The summed E-state index contributed by atoms with van der Waals surface area (Å²) in [4.78, 5) is 2.32. The average Bonchev–Trinajstić information content (AvgIpc) is 3.69. The van der Waals surface area contributed by atoms with E-state index in [1.54, 1.807) is 0 Å². The van der Waals surface area contributed by atoms with Gasteiger partial charge in [-0.2, -0.15) is 0 Å². The van der Waals surface area contributed by atoms with Gasteiger partial charge < -0.3 is 9.32 Å². The third kappa shape index (κ3) is 6.00. The summed E-state index contributed by atoms with van der Waals surface area (Å²) in [5.41, 5.74) is 14.5. The van der Waals surface area contributed by atoms with Crippen molar-refractivity contribution in [1.29, 1.82) is 0 Å². The quantitative estimate of drug-likeness (QED) is 0.162. The van der Waals surface area contributed by atoms with E-state index in [1.807, 2.05) is 6.07 Å². The molecule has 11 aromatic rings. The van der Waals surface area contributed by atoms with Crippen LogP contribution in [-0.4, -0.2) is 0 Å². The average molecular weight is 740 g/mol. The Balaban J connectivity index is 0.989. The molecule has 0 fully saturated rings. The fraction of sp³-hybridized carbons (Fsp3) is 0. The highest BCUT2D eigenvalue weighted by atomic mass is 16.3. The molecule has 0 aliphatic rings. The molecule has 0 radical (unpaired) electrons. The third-order valence-corrected chi connectivity index (χ3v) is 11.4. The molecule has 0 aliphatic carbocycles. The first kappa shape index (κ1) is 33.6. The van der Waals surface area contributed by atoms with E-state index in [0.29, 0.717) is 0 Å². The fourth-order valence-corrected chi connectivity index (χ4v) is 8.55. The lowest BCUT2D eigenvalue weighted by Gasteiger charge is -2.26. The highest BCUT2D eigenvalue weighted by Crippen LogP contribution is 2.43. The van der Waals surface area contributed by atoms with Crippen LogP contribution in [0.4, 0.5) is 17.1 Å². The standard InChI is InChI=1S/C56H37NO/c1-3-12-38(13-4-1)43-16-11-17-46(35-43)52-37-55-56(51-20-9-10-21-54(51)58-55)53-36-45(28-33-50(52)53)41-26-31-49(32-27-41)57(47-18-5-2-6-19-47)48-29-24-40(25-30-48)44-23-22-39-14-7-8-15-42(39)34-44/h1-37H. The van der Waals surface area contributed by atoms with Crippen molar-refractivity contribution in [2.75, 3.05) is 4.90 Å². The van der Waals surface area contributed by atoms with Crippen molar-refractivity contribution in [1.82, 2.24) is 0 Å². The molecule has 0 atom stereocenters. The molecule has 1 aromatic heterocycles. The maximum atomic E-state index is 6.55. The molecular formula is C56H37NO. The largest absolute Gasteiger partial charge is 0.456 e. The minimum atomic E-state index is 0.895. The number of hydrogen-bond donors (Lipinski definition) is 0. The van der Waals surface area contributed by atoms with Crippen LogP contribution in [0.15, 0.2) is 229 Å². The molecule has 0 aliphatic heterocycles. The van der Waals surface area contributed by atoms with Crippen LogP contribution in [0.25, 0.3) is 88.0 Å². The molecule has 11 rings (SSSR count). The Labute approximate surface area is 337 Å². The van der Waals surface area contributed by atoms with Crippen LogP contribution in [-0.2, 0) is 0 Å². The summed E-state index contributed by atoms with van der Waals surface area (Å²) in [6.07, 6.45) is 0. The van der Waals surface area contributed by atoms with Gasteiger partial charge in [0.25, 0.3) is 0 Å². The van der Waals surface area contributed by atoms with Crippen LogP contribution in [0, 0.1) is 0 Å². The van der Waals surface area contributed by atoms with Gasteiger partial charge in [-0.3, -0.25) is 0 Å². The molecule has 1 heterocycles. The fourth-order valence-electron chi connectivity index (χ4n) is 8.55. The van der Waals surface area contributed by atoms with Crippen molar-refractivity contribution < 1.29 is 4.42 Å². The Hall–Kier alpha value is -7.68. The van der Waals surface area contributed by atoms with E-state index < -0.39 is 0 Å². The number of fused-ring (bicyclic) bond motifs is 6. The lowest BCUT2D eigenvalue weighted by atomic mass is 9.91. The van der Waals surface area contributed by atoms with Gasteiger partial charge in [0.05, 0.1) is 0 Å². The summed E-state index contributed by atoms with van der Waals surface area (Å²) >= 11 is 0. The molecule has 0 amide bonds. The van der Waals surface area contributed by atoms with Crippen molar-refractivity contribution >= 4 is 60.5 Å². The minimum absolute atomic E-state index is 0.895. The first-order valence-corrected chi connectivity index (χ1v) is 19.8. The second-order valence-corrected chi connectivity index (χ2v) is 14.9. The van der Waals surface area contributed by atoms with Gasteiger partial charge in [0.1, 0.15) is 11.2 Å². The highest BCUT2D eigenvalue weighted by Gasteiger charge is 2.18. The summed E-state index contributed by atoms with van der Waals surface area (Å²) in [5, 5.41) is 7.16. The van der Waals surface area contributed by atoms with Gasteiger partial charge in [0.15, 0.2) is 0 Å². The number of nitrogens with zero attached hydrogens (tertiary/aromatic N) is 1. The lowest BCUT2D eigenvalue weighted by molar-refractivity contribution is 0.669. The Morgan fingerprint density at radius 1 is 0.276 bits per heavy atom. The van der Waals surface area contributed by atoms with Crippen molar-refractivity contribution in [2.45, 2.75) is 0 Å². The van der Waals surface area contributed by atoms with Crippen molar-refractivity contribution in [3.63, 3.8) is 0 Å². The van der Waals surface area contributed by atoms with Crippen LogP contribution >= 0.6 is 0 Å². The zero-order valence-corrected chi connectivity index (χ0v) is 31.7. The van der Waals surface area contributed by atoms with Crippen LogP contribution in [0.5, 0.6) is 0 Å². The third-order valence-electron chi connectivity index (χ3n) is 11.4. The number of rotatable bonds is 7. The topological polar surface area (TPSA) is 16.4 Å². The SMILES string of the molecule is c1ccc(-c2cccc(-c3cc4oc5ccccc5c4c4cc(-c5ccc(N(c6ccccc6)c6ccc(-c7ccc8ccccc8c7)cc6)cc5)ccc34)c2)cc1. The van der Waals surface area contributed by atoms with E-state index >= 15 is 0 Å². The molecule has 0 saturated carbocycles. The van der Waals surface area contributed by atoms with E-state index in [-0.39, 0.29) is 0 Å². The van der Waals surface area contributed by atoms with Gasteiger partial charge in [-0.25, -0.2) is 0 Å². The zero-order chi connectivity index (χ0) is 38.4. The molecule has 0 unspecified atom stereocenters. The van der Waals surface area contributed by atoms with Gasteiger partial charge >= 0.3 is 0 Å². The molecule has 272 valence electrons. The van der Waals surface area contributed by atoms with Gasteiger partial charge in [-0.15, -0.1) is 0 Å². The molecule has 0 spiro atoms. The molecule has 2 nitrogen and oxygen atoms in total. The van der Waals surface area contributed by atoms with E-state index in [2.05, 4.69) is 223 Å². The summed E-state index contributed by atoms with van der Waals surface area (Å²) in [6.45, 7) is 0. The predicted octanol–water partition coefficient (Wildman–Crippen LogP) is 16.0. The second kappa shape index (κ2) is 14.1. The van der Waals surface area contributed by atoms with Crippen LogP contribution < -0.4 is 4.90 Å². The van der Waals surface area contributed by atoms with Crippen molar-refractivity contribution in [3.8, 4) is 44.5 Å². The first-order valence-electron chi connectivity index (χ1n) is 19.8. The second-order valence-electron chi connectivity index (χ2n) is 14.9. The van der Waals surface area contributed by atoms with Gasteiger partial charge in [0, 0.05) is 27.8 Å². The molecule has 0 saturated heterocycles. The number of para-hydroxylation sites is 2. The van der Waals surface area contributed by atoms with Crippen LogP contribution in [0.2, 0.25) is 0 Å². The minimum Gasteiger partial charge on any atom is -0.456 e.